The summed E-state index contributed by atoms with van der Waals surface area (Å²) in [4.78, 5) is 25.8. The van der Waals surface area contributed by atoms with Crippen LogP contribution in [0.4, 0.5) is 133 Å². The number of nitrogens with zero attached hydrogens (tertiary/aromatic N) is 1. The van der Waals surface area contributed by atoms with Crippen molar-refractivity contribution >= 4 is 17.7 Å². The van der Waals surface area contributed by atoms with Crippen molar-refractivity contribution in [3.63, 3.8) is 0 Å². The van der Waals surface area contributed by atoms with E-state index in [1.165, 1.54) is 12.2 Å². The van der Waals surface area contributed by atoms with E-state index in [9.17, 15) is 137 Å². The summed E-state index contributed by atoms with van der Waals surface area (Å²) < 4.78 is 398. The third-order valence-corrected chi connectivity index (χ3v) is 7.66. The second-order valence-electron chi connectivity index (χ2n) is 11.9. The minimum absolute atomic E-state index is 0.0509. The van der Waals surface area contributed by atoms with Crippen molar-refractivity contribution in [3.8, 4) is 0 Å². The molecule has 0 aliphatic heterocycles. The number of nitrogens with one attached hydrogen (secondary N) is 1. The molecule has 0 heterocycles. The summed E-state index contributed by atoms with van der Waals surface area (Å²) in [7, 11) is 0. The van der Waals surface area contributed by atoms with Crippen LogP contribution < -0.4 is 5.32 Å². The van der Waals surface area contributed by atoms with Crippen molar-refractivity contribution in [1.82, 2.24) is 5.32 Å². The second kappa shape index (κ2) is 14.6. The van der Waals surface area contributed by atoms with E-state index in [1.807, 2.05) is 0 Å². The first-order valence-electron chi connectivity index (χ1n) is 14.0. The Balaban J connectivity index is 3.81. The lowest BCUT2D eigenvalue weighted by molar-refractivity contribution is -0.487. The Morgan fingerprint density at radius 3 is 1.10 bits per heavy atom. The Labute approximate surface area is 304 Å². The van der Waals surface area contributed by atoms with Gasteiger partial charge in [0.25, 0.3) is 5.91 Å². The molecule has 1 aromatic rings. The molecule has 33 heteroatoms. The number of amides is 1. The average molecular weight is 936 g/mol. The summed E-state index contributed by atoms with van der Waals surface area (Å²) in [5.41, 5.74) is -1.53. The normalized spacial score (nSPS) is 16.1. The Kier molecular flexibility index (Phi) is 13.1. The van der Waals surface area contributed by atoms with E-state index >= 15 is 0 Å². The van der Waals surface area contributed by atoms with E-state index in [-0.39, 0.29) is 12.5 Å². The third-order valence-electron chi connectivity index (χ3n) is 7.66. The molecule has 1 aromatic carbocycles. The van der Waals surface area contributed by atoms with Crippen LogP contribution in [-0.4, -0.2) is 101 Å². The van der Waals surface area contributed by atoms with E-state index in [2.05, 4.69) is 4.99 Å². The fourth-order valence-corrected chi connectivity index (χ4v) is 4.22. The Bertz CT molecular complexity index is 1770. The molecule has 0 aliphatic carbocycles. The molecule has 0 radical (unpaired) electrons. The van der Waals surface area contributed by atoms with Gasteiger partial charge >= 0.3 is 83.2 Å². The van der Waals surface area contributed by atoms with E-state index in [1.54, 1.807) is 0 Å². The van der Waals surface area contributed by atoms with Gasteiger partial charge in [-0.2, -0.15) is 132 Å². The molecule has 1 atom stereocenters. The number of hydrogen-bond donors (Lipinski definition) is 1. The number of halogens is 29. The van der Waals surface area contributed by atoms with E-state index < -0.39 is 113 Å². The van der Waals surface area contributed by atoms with Crippen LogP contribution in [0.3, 0.4) is 0 Å². The molecule has 1 rings (SSSR count). The molecule has 0 saturated heterocycles. The summed E-state index contributed by atoms with van der Waals surface area (Å²) in [6.07, 6.45) is -10.7. The summed E-state index contributed by atoms with van der Waals surface area (Å²) >= 11 is 0. The zero-order valence-electron chi connectivity index (χ0n) is 27.2. The minimum atomic E-state index is -10.00. The van der Waals surface area contributed by atoms with Gasteiger partial charge in [0, 0.05) is 12.5 Å². The van der Waals surface area contributed by atoms with Crippen molar-refractivity contribution in [2.45, 2.75) is 109 Å². The van der Waals surface area contributed by atoms with Crippen LogP contribution in [-0.2, 0) is 4.79 Å². The molecule has 59 heavy (non-hydrogen) atoms. The minimum Gasteiger partial charge on any atom is -0.349 e. The molecule has 1 N–H and O–H groups in total. The van der Waals surface area contributed by atoms with Crippen molar-refractivity contribution in [2.75, 3.05) is 0 Å². The summed E-state index contributed by atoms with van der Waals surface area (Å²) in [6, 6.07) is -0.195. The topological polar surface area (TPSA) is 58.5 Å². The molecule has 0 aromatic heterocycles. The van der Waals surface area contributed by atoms with Crippen LogP contribution in [0.2, 0.25) is 0 Å². The molecular formula is C26H13F29N2O2. The van der Waals surface area contributed by atoms with Crippen LogP contribution in [0.1, 0.15) is 29.3 Å². The van der Waals surface area contributed by atoms with Gasteiger partial charge in [0.05, 0.1) is 11.3 Å². The van der Waals surface area contributed by atoms with Crippen molar-refractivity contribution in [3.05, 3.63) is 29.3 Å². The smallest absolute Gasteiger partial charge is 0.349 e. The van der Waals surface area contributed by atoms with Crippen LogP contribution in [0.5, 0.6) is 0 Å². The van der Waals surface area contributed by atoms with E-state index in [4.69, 9.17) is 0 Å². The molecule has 0 aliphatic rings. The predicted octanol–water partition coefficient (Wildman–Crippen LogP) is 11.3. The summed E-state index contributed by atoms with van der Waals surface area (Å²) in [5, 5.41) is 1.24. The summed E-state index contributed by atoms with van der Waals surface area (Å²) in [6.45, 7) is 1.25. The zero-order chi connectivity index (χ0) is 47.8. The Hall–Kier alpha value is -3.96. The van der Waals surface area contributed by atoms with Crippen molar-refractivity contribution in [1.29, 1.82) is 0 Å². The molecule has 0 fully saturated rings. The Morgan fingerprint density at radius 2 is 0.814 bits per heavy atom. The van der Waals surface area contributed by atoms with Gasteiger partial charge in [-0.05, 0) is 26.0 Å². The van der Waals surface area contributed by atoms with Gasteiger partial charge in [0.15, 0.2) is 0 Å². The van der Waals surface area contributed by atoms with Gasteiger partial charge in [-0.15, -0.1) is 0 Å². The molecule has 342 valence electrons. The molecule has 0 saturated carbocycles. The molecule has 1 amide bonds. The van der Waals surface area contributed by atoms with E-state index in [0.717, 1.165) is 24.3 Å². The summed E-state index contributed by atoms with van der Waals surface area (Å²) in [5.74, 6) is -123. The SMILES string of the molecule is Cc1ccc(N=C=O)c(C(=O)NC(C)CC(F)(F)C(F)(F)C(F)(F)C(F)(F)C(F)(F)C(F)(F)C(F)(F)C(F)(F)C(F)(F)C(F)(F)C(F)(F)C(F)(F)C(F)(F)C(F)(F)F)c1. The third kappa shape index (κ3) is 7.25. The van der Waals surface area contributed by atoms with Gasteiger partial charge < -0.3 is 5.32 Å². The van der Waals surface area contributed by atoms with Gasteiger partial charge in [-0.1, -0.05) is 11.6 Å². The number of rotatable bonds is 17. The molecular weight excluding hydrogens is 923 g/mol. The first kappa shape index (κ1) is 53.1. The maximum absolute atomic E-state index is 14.4. The highest BCUT2D eigenvalue weighted by molar-refractivity contribution is 5.99. The first-order valence-corrected chi connectivity index (χ1v) is 14.0. The standard InChI is InChI=1S/C26H13F29N2O2/c1-8-3-4-11(56-7-58)10(5-8)12(59)57-9(2)6-13(27,28)14(29,30)15(31,32)16(33,34)17(35,36)18(37,38)19(39,40)20(41,42)21(43,44)22(45,46)23(47,48)24(49,50)25(51,52)26(53,54)55/h3-5,9H,6H2,1-2H3,(H,57,59). The quantitative estimate of drug-likeness (QED) is 0.0961. The number of aliphatic imine (C=N–C) groups is 1. The van der Waals surface area contributed by atoms with Crippen LogP contribution in [0, 0.1) is 6.92 Å². The number of isocyanates is 1. The number of benzene rings is 1. The molecule has 4 nitrogen and oxygen atoms in total. The lowest BCUT2D eigenvalue weighted by Crippen LogP contribution is -2.79. The molecule has 0 bridgehead atoms. The first-order chi connectivity index (χ1) is 25.5. The maximum atomic E-state index is 14.4. The lowest BCUT2D eigenvalue weighted by Gasteiger charge is -2.46. The fourth-order valence-electron chi connectivity index (χ4n) is 4.22. The van der Waals surface area contributed by atoms with Crippen molar-refractivity contribution < 1.29 is 137 Å². The van der Waals surface area contributed by atoms with Gasteiger partial charge in [-0.3, -0.25) is 4.79 Å². The van der Waals surface area contributed by atoms with Gasteiger partial charge in [0.1, 0.15) is 0 Å². The monoisotopic (exact) mass is 936 g/mol. The highest BCUT2D eigenvalue weighted by Gasteiger charge is 3.00. The maximum Gasteiger partial charge on any atom is 0.460 e. The van der Waals surface area contributed by atoms with Gasteiger partial charge in [-0.25, -0.2) is 4.79 Å². The molecule has 0 spiro atoms. The second-order valence-corrected chi connectivity index (χ2v) is 11.9. The highest BCUT2D eigenvalue weighted by atomic mass is 19.4. The predicted molar refractivity (Wildman–Crippen MR) is 131 cm³/mol. The Morgan fingerprint density at radius 1 is 0.525 bits per heavy atom. The van der Waals surface area contributed by atoms with Crippen molar-refractivity contribution in [2.24, 2.45) is 4.99 Å². The fraction of sp³-hybridized carbons (Fsp3) is 0.692. The highest BCUT2D eigenvalue weighted by Crippen LogP contribution is 2.69. The number of hydrogen-bond acceptors (Lipinski definition) is 3. The average Bonchev–Trinajstić information content (AvgIpc) is 3.03. The van der Waals surface area contributed by atoms with Gasteiger partial charge in [0.2, 0.25) is 6.08 Å². The van der Waals surface area contributed by atoms with Crippen LogP contribution in [0.15, 0.2) is 23.2 Å². The number of carbonyl (C=O) groups excluding carboxylic acids is 2. The number of carbonyl (C=O) groups is 1. The van der Waals surface area contributed by atoms with E-state index in [0.29, 0.717) is 0 Å². The zero-order valence-corrected chi connectivity index (χ0v) is 27.2. The molecule has 1 unspecified atom stereocenters. The van der Waals surface area contributed by atoms with Crippen LogP contribution in [0.25, 0.3) is 0 Å². The van der Waals surface area contributed by atoms with Crippen LogP contribution >= 0.6 is 0 Å². The largest absolute Gasteiger partial charge is 0.460 e. The number of aryl methyl sites for hydroxylation is 1. The lowest BCUT2D eigenvalue weighted by atomic mass is 9.83. The number of alkyl halides is 29.